The number of anilines is 2. The summed E-state index contributed by atoms with van der Waals surface area (Å²) in [7, 11) is 0. The number of hydrogen-bond acceptors (Lipinski definition) is 7. The smallest absolute Gasteiger partial charge is 0.323 e. The van der Waals surface area contributed by atoms with E-state index in [1.54, 1.807) is 12.1 Å². The van der Waals surface area contributed by atoms with E-state index >= 15 is 0 Å². The molecule has 1 N–H and O–H groups in total. The predicted molar refractivity (Wildman–Crippen MR) is 143 cm³/mol. The summed E-state index contributed by atoms with van der Waals surface area (Å²) in [5.74, 6) is -0.595. The molecule has 2 aromatic carbocycles. The van der Waals surface area contributed by atoms with Crippen molar-refractivity contribution in [2.45, 2.75) is 31.8 Å². The zero-order valence-electron chi connectivity index (χ0n) is 21.3. The molecule has 0 saturated carbocycles. The van der Waals surface area contributed by atoms with Crippen molar-refractivity contribution in [1.29, 1.82) is 0 Å². The normalized spacial score (nSPS) is 18.4. The highest BCUT2D eigenvalue weighted by Gasteiger charge is 2.43. The first-order chi connectivity index (χ1) is 19.0. The zero-order valence-corrected chi connectivity index (χ0v) is 21.3. The summed E-state index contributed by atoms with van der Waals surface area (Å²) in [4.78, 5) is 59.1. The van der Waals surface area contributed by atoms with Gasteiger partial charge in [0, 0.05) is 44.0 Å². The van der Waals surface area contributed by atoms with Gasteiger partial charge in [-0.1, -0.05) is 30.3 Å². The molecule has 1 aromatic heterocycles. The second kappa shape index (κ2) is 10.3. The maximum Gasteiger partial charge on any atom is 0.343 e. The third-order valence-corrected chi connectivity index (χ3v) is 7.46. The van der Waals surface area contributed by atoms with Gasteiger partial charge in [0.2, 0.25) is 5.91 Å². The molecule has 3 aliphatic rings. The summed E-state index contributed by atoms with van der Waals surface area (Å²) >= 11 is 0. The lowest BCUT2D eigenvalue weighted by Crippen LogP contribution is -2.58. The van der Waals surface area contributed by atoms with Gasteiger partial charge in [-0.15, -0.1) is 0 Å². The fraction of sp³-hybridized carbons (Fsp3) is 0.276. The molecule has 2 saturated heterocycles. The van der Waals surface area contributed by atoms with Crippen molar-refractivity contribution < 1.29 is 19.2 Å². The number of para-hydroxylation sites is 1. The minimum absolute atomic E-state index is 0.0174. The Hall–Kier alpha value is -4.57. The summed E-state index contributed by atoms with van der Waals surface area (Å²) < 4.78 is 0. The van der Waals surface area contributed by atoms with Gasteiger partial charge in [-0.3, -0.25) is 24.6 Å². The first-order valence-corrected chi connectivity index (χ1v) is 13.1. The van der Waals surface area contributed by atoms with Crippen LogP contribution < -0.4 is 10.2 Å². The van der Waals surface area contributed by atoms with Crippen molar-refractivity contribution >= 4 is 35.3 Å². The van der Waals surface area contributed by atoms with E-state index in [-0.39, 0.29) is 24.1 Å². The molecule has 6 rings (SSSR count). The van der Waals surface area contributed by atoms with Crippen LogP contribution in [-0.2, 0) is 11.3 Å². The number of piperidine rings is 1. The van der Waals surface area contributed by atoms with E-state index in [0.29, 0.717) is 12.6 Å². The number of pyridine rings is 1. The molecule has 10 heteroatoms. The fourth-order valence-corrected chi connectivity index (χ4v) is 5.55. The monoisotopic (exact) mass is 524 g/mol. The van der Waals surface area contributed by atoms with Crippen molar-refractivity contribution in [3.8, 4) is 0 Å². The molecule has 0 aliphatic carbocycles. The van der Waals surface area contributed by atoms with Crippen LogP contribution in [0.1, 0.15) is 45.5 Å². The number of aromatic nitrogens is 1. The number of amides is 5. The van der Waals surface area contributed by atoms with Crippen LogP contribution in [0.15, 0.2) is 72.9 Å². The average Bonchev–Trinajstić information content (AvgIpc) is 3.20. The molecule has 0 radical (unpaired) electrons. The van der Waals surface area contributed by atoms with Gasteiger partial charge in [0.05, 0.1) is 17.7 Å². The van der Waals surface area contributed by atoms with Gasteiger partial charge in [0.25, 0.3) is 11.8 Å². The predicted octanol–water partition coefficient (Wildman–Crippen LogP) is 3.34. The molecule has 198 valence electrons. The minimum Gasteiger partial charge on any atom is -0.323 e. The van der Waals surface area contributed by atoms with Gasteiger partial charge in [0.15, 0.2) is 0 Å². The Bertz CT molecular complexity index is 1380. The SMILES string of the molecule is O=C1CCN(N2C(=O)c3ccc(CN4CCC(N(c5ccccc5)c5ccccn5)CC4)cc3C2=O)C(=O)N1. The second-order valence-electron chi connectivity index (χ2n) is 9.93. The molecule has 39 heavy (non-hydrogen) atoms. The van der Waals surface area contributed by atoms with E-state index in [9.17, 15) is 19.2 Å². The summed E-state index contributed by atoms with van der Waals surface area (Å²) in [5, 5.41) is 4.02. The van der Waals surface area contributed by atoms with Gasteiger partial charge < -0.3 is 4.90 Å². The van der Waals surface area contributed by atoms with E-state index in [2.05, 4.69) is 32.2 Å². The summed E-state index contributed by atoms with van der Waals surface area (Å²) in [6.45, 7) is 2.38. The lowest BCUT2D eigenvalue weighted by molar-refractivity contribution is -0.122. The van der Waals surface area contributed by atoms with Crippen LogP contribution in [0.4, 0.5) is 16.3 Å². The Kier molecular flexibility index (Phi) is 6.54. The maximum absolute atomic E-state index is 13.1. The quantitative estimate of drug-likeness (QED) is 0.493. The molecule has 3 aromatic rings. The van der Waals surface area contributed by atoms with Crippen molar-refractivity contribution in [3.63, 3.8) is 0 Å². The number of nitrogens with one attached hydrogen (secondary N) is 1. The van der Waals surface area contributed by atoms with Crippen molar-refractivity contribution in [2.24, 2.45) is 0 Å². The number of hydrogen-bond donors (Lipinski definition) is 1. The lowest BCUT2D eigenvalue weighted by Gasteiger charge is -2.39. The van der Waals surface area contributed by atoms with Crippen LogP contribution in [-0.4, -0.2) is 69.3 Å². The molecule has 2 fully saturated rings. The third kappa shape index (κ3) is 4.74. The largest absolute Gasteiger partial charge is 0.343 e. The fourth-order valence-electron chi connectivity index (χ4n) is 5.55. The van der Waals surface area contributed by atoms with Gasteiger partial charge >= 0.3 is 6.03 Å². The highest BCUT2D eigenvalue weighted by atomic mass is 16.2. The van der Waals surface area contributed by atoms with Crippen LogP contribution in [0, 0.1) is 0 Å². The summed E-state index contributed by atoms with van der Waals surface area (Å²) in [5.41, 5.74) is 2.59. The highest BCUT2D eigenvalue weighted by molar-refractivity contribution is 6.22. The summed E-state index contributed by atoms with van der Waals surface area (Å²) in [6.07, 6.45) is 3.75. The van der Waals surface area contributed by atoms with Crippen molar-refractivity contribution in [1.82, 2.24) is 25.2 Å². The van der Waals surface area contributed by atoms with Crippen molar-refractivity contribution in [3.05, 3.63) is 89.6 Å². The highest BCUT2D eigenvalue weighted by Crippen LogP contribution is 2.31. The second-order valence-corrected chi connectivity index (χ2v) is 9.93. The Morgan fingerprint density at radius 3 is 2.31 bits per heavy atom. The molecule has 0 spiro atoms. The number of carbonyl (C=O) groups is 4. The maximum atomic E-state index is 13.1. The Morgan fingerprint density at radius 1 is 0.846 bits per heavy atom. The minimum atomic E-state index is -0.765. The molecule has 0 atom stereocenters. The molecule has 0 unspecified atom stereocenters. The van der Waals surface area contributed by atoms with Crippen LogP contribution in [0.5, 0.6) is 0 Å². The number of fused-ring (bicyclic) bond motifs is 1. The van der Waals surface area contributed by atoms with Crippen LogP contribution in [0.25, 0.3) is 0 Å². The van der Waals surface area contributed by atoms with Crippen LogP contribution >= 0.6 is 0 Å². The first kappa shape index (κ1) is 24.7. The van der Waals surface area contributed by atoms with Gasteiger partial charge in [-0.25, -0.2) is 14.8 Å². The number of nitrogens with zero attached hydrogens (tertiary/aromatic N) is 5. The van der Waals surface area contributed by atoms with E-state index in [4.69, 9.17) is 0 Å². The molecule has 4 heterocycles. The standard InChI is InChI=1S/C29H28N6O4/c36-26-13-17-33(29(39)31-26)35-27(37)23-10-9-20(18-24(23)28(35)38)19-32-15-11-22(12-16-32)34(21-6-2-1-3-7-21)25-8-4-5-14-30-25/h1-10,14,18,22H,11-13,15-17,19H2,(H,31,36,39). The van der Waals surface area contributed by atoms with E-state index in [1.807, 2.05) is 48.7 Å². The number of imide groups is 2. The Labute approximate surface area is 225 Å². The lowest BCUT2D eigenvalue weighted by atomic mass is 10.0. The third-order valence-electron chi connectivity index (χ3n) is 7.46. The number of likely N-dealkylation sites (tertiary alicyclic amines) is 1. The Morgan fingerprint density at radius 2 is 1.59 bits per heavy atom. The van der Waals surface area contributed by atoms with Gasteiger partial charge in [-0.2, -0.15) is 5.01 Å². The topological polar surface area (TPSA) is 106 Å². The number of hydrazine groups is 1. The molecule has 10 nitrogen and oxygen atoms in total. The van der Waals surface area contributed by atoms with E-state index in [1.165, 1.54) is 0 Å². The van der Waals surface area contributed by atoms with Gasteiger partial charge in [-0.05, 0) is 54.8 Å². The Balaban J connectivity index is 1.14. The molecule has 5 amide bonds. The van der Waals surface area contributed by atoms with Gasteiger partial charge in [0.1, 0.15) is 5.82 Å². The van der Waals surface area contributed by atoms with E-state index in [0.717, 1.165) is 53.0 Å². The molecule has 0 bridgehead atoms. The number of carbonyl (C=O) groups excluding carboxylic acids is 4. The first-order valence-electron chi connectivity index (χ1n) is 13.1. The molecule has 3 aliphatic heterocycles. The number of benzene rings is 2. The molecular formula is C29H28N6O4. The van der Waals surface area contributed by atoms with E-state index < -0.39 is 23.8 Å². The number of urea groups is 1. The average molecular weight is 525 g/mol. The summed E-state index contributed by atoms with van der Waals surface area (Å²) in [6, 6.07) is 21.1. The number of rotatable bonds is 6. The van der Waals surface area contributed by atoms with Crippen LogP contribution in [0.3, 0.4) is 0 Å². The molecular weight excluding hydrogens is 496 g/mol. The van der Waals surface area contributed by atoms with Crippen molar-refractivity contribution in [2.75, 3.05) is 24.5 Å². The zero-order chi connectivity index (χ0) is 26.9. The van der Waals surface area contributed by atoms with Crippen LogP contribution in [0.2, 0.25) is 0 Å².